The number of esters is 1. The SMILES string of the molecule is CCCCC(CC(=O)OC)C([SeH])c1ccccc1. The molecule has 0 spiro atoms. The summed E-state index contributed by atoms with van der Waals surface area (Å²) < 4.78 is 4.80. The van der Waals surface area contributed by atoms with Crippen LogP contribution in [0.3, 0.4) is 0 Å². The molecule has 0 saturated heterocycles. The van der Waals surface area contributed by atoms with Crippen LogP contribution in [0.5, 0.6) is 0 Å². The Balaban J connectivity index is 2.71. The Kier molecular flexibility index (Phi) is 7.07. The van der Waals surface area contributed by atoms with Gasteiger partial charge in [-0.15, -0.1) is 0 Å². The molecule has 1 aromatic carbocycles. The Bertz CT molecular complexity index is 351. The van der Waals surface area contributed by atoms with Crippen molar-refractivity contribution in [3.05, 3.63) is 35.9 Å². The fourth-order valence-corrected chi connectivity index (χ4v) is 2.95. The van der Waals surface area contributed by atoms with Gasteiger partial charge < -0.3 is 0 Å². The summed E-state index contributed by atoms with van der Waals surface area (Å²) in [6.45, 7) is 2.18. The Hall–Kier alpha value is -0.791. The van der Waals surface area contributed by atoms with Crippen LogP contribution in [0.15, 0.2) is 30.3 Å². The number of rotatable bonds is 7. The van der Waals surface area contributed by atoms with Crippen molar-refractivity contribution in [2.75, 3.05) is 7.11 Å². The molecular formula is C15H22O2Se. The number of ether oxygens (including phenoxy) is 1. The van der Waals surface area contributed by atoms with Crippen molar-refractivity contribution < 1.29 is 9.53 Å². The van der Waals surface area contributed by atoms with Crippen LogP contribution in [0, 0.1) is 5.92 Å². The van der Waals surface area contributed by atoms with Gasteiger partial charge in [-0.1, -0.05) is 0 Å². The van der Waals surface area contributed by atoms with Crippen LogP contribution in [-0.4, -0.2) is 29.1 Å². The fraction of sp³-hybridized carbons (Fsp3) is 0.533. The van der Waals surface area contributed by atoms with Crippen LogP contribution in [0.1, 0.15) is 43.0 Å². The van der Waals surface area contributed by atoms with Crippen LogP contribution >= 0.6 is 0 Å². The third-order valence-electron chi connectivity index (χ3n) is 3.17. The molecule has 0 saturated carbocycles. The number of hydrogen-bond acceptors (Lipinski definition) is 2. The zero-order valence-corrected chi connectivity index (χ0v) is 13.0. The van der Waals surface area contributed by atoms with Gasteiger partial charge in [0.05, 0.1) is 0 Å². The van der Waals surface area contributed by atoms with Gasteiger partial charge in [0.2, 0.25) is 0 Å². The number of methoxy groups -OCH3 is 1. The predicted octanol–water partition coefficient (Wildman–Crippen LogP) is 3.00. The molecule has 0 aromatic heterocycles. The van der Waals surface area contributed by atoms with Crippen LogP contribution in [0.25, 0.3) is 0 Å². The molecule has 0 heterocycles. The molecule has 3 heteroatoms. The van der Waals surface area contributed by atoms with E-state index in [4.69, 9.17) is 4.74 Å². The van der Waals surface area contributed by atoms with E-state index in [1.165, 1.54) is 12.7 Å². The Morgan fingerprint density at radius 3 is 2.56 bits per heavy atom. The quantitative estimate of drug-likeness (QED) is 0.571. The minimum absolute atomic E-state index is 0.108. The van der Waals surface area contributed by atoms with Gasteiger partial charge in [0.1, 0.15) is 0 Å². The Labute approximate surface area is 118 Å². The van der Waals surface area contributed by atoms with Crippen LogP contribution in [0.2, 0.25) is 0 Å². The summed E-state index contributed by atoms with van der Waals surface area (Å²) in [5.41, 5.74) is 1.28. The molecule has 0 bridgehead atoms. The number of benzene rings is 1. The standard InChI is InChI=1S/C15H22O2Se/c1-3-4-8-13(11-14(16)17-2)15(18)12-9-6-5-7-10-12/h5-7,9-10,13,15,18H,3-4,8,11H2,1-2H3. The average Bonchev–Trinajstić information content (AvgIpc) is 2.43. The molecular weight excluding hydrogens is 291 g/mol. The van der Waals surface area contributed by atoms with Crippen molar-refractivity contribution in [2.45, 2.75) is 37.4 Å². The summed E-state index contributed by atoms with van der Waals surface area (Å²) in [5.74, 6) is 0.239. The molecule has 0 aliphatic heterocycles. The van der Waals surface area contributed by atoms with Gasteiger partial charge in [-0.05, 0) is 0 Å². The van der Waals surface area contributed by atoms with E-state index >= 15 is 0 Å². The first-order chi connectivity index (χ1) is 8.69. The van der Waals surface area contributed by atoms with E-state index in [9.17, 15) is 4.79 Å². The van der Waals surface area contributed by atoms with Crippen molar-refractivity contribution >= 4 is 22.0 Å². The molecule has 2 unspecified atom stereocenters. The second-order valence-corrected chi connectivity index (χ2v) is 5.71. The first-order valence-electron chi connectivity index (χ1n) is 6.48. The summed E-state index contributed by atoms with van der Waals surface area (Å²) in [5, 5.41) is 0. The second kappa shape index (κ2) is 8.34. The van der Waals surface area contributed by atoms with Crippen LogP contribution < -0.4 is 0 Å². The van der Waals surface area contributed by atoms with E-state index in [0.29, 0.717) is 17.2 Å². The second-order valence-electron chi connectivity index (χ2n) is 4.54. The van der Waals surface area contributed by atoms with E-state index in [1.54, 1.807) is 0 Å². The van der Waals surface area contributed by atoms with Gasteiger partial charge in [0.25, 0.3) is 0 Å². The maximum absolute atomic E-state index is 11.5. The first-order valence-corrected chi connectivity index (χ1v) is 7.57. The summed E-state index contributed by atoms with van der Waals surface area (Å²) >= 11 is 2.72. The molecule has 2 nitrogen and oxygen atoms in total. The predicted molar refractivity (Wildman–Crippen MR) is 76.0 cm³/mol. The summed E-state index contributed by atoms with van der Waals surface area (Å²) in [6, 6.07) is 10.4. The molecule has 0 aliphatic carbocycles. The molecule has 100 valence electrons. The molecule has 0 fully saturated rings. The van der Waals surface area contributed by atoms with Crippen molar-refractivity contribution in [1.29, 1.82) is 0 Å². The van der Waals surface area contributed by atoms with Gasteiger partial charge >= 0.3 is 118 Å². The summed E-state index contributed by atoms with van der Waals surface area (Å²) in [6.07, 6.45) is 3.89. The minimum atomic E-state index is -0.108. The third kappa shape index (κ3) is 4.83. The van der Waals surface area contributed by atoms with Gasteiger partial charge in [0.15, 0.2) is 0 Å². The monoisotopic (exact) mass is 314 g/mol. The molecule has 2 atom stereocenters. The number of carbonyl (C=O) groups excluding carboxylic acids is 1. The van der Waals surface area contributed by atoms with Gasteiger partial charge in [-0.3, -0.25) is 0 Å². The fourth-order valence-electron chi connectivity index (χ4n) is 2.06. The molecule has 0 N–H and O–H groups in total. The Morgan fingerprint density at radius 2 is 2.00 bits per heavy atom. The third-order valence-corrected chi connectivity index (χ3v) is 4.68. The molecule has 0 aliphatic rings. The topological polar surface area (TPSA) is 26.3 Å². The molecule has 0 radical (unpaired) electrons. The van der Waals surface area contributed by atoms with Crippen LogP contribution in [0.4, 0.5) is 0 Å². The van der Waals surface area contributed by atoms with E-state index in [0.717, 1.165) is 19.3 Å². The van der Waals surface area contributed by atoms with E-state index in [-0.39, 0.29) is 5.97 Å². The van der Waals surface area contributed by atoms with Crippen molar-refractivity contribution in [1.82, 2.24) is 0 Å². The zero-order chi connectivity index (χ0) is 13.4. The average molecular weight is 313 g/mol. The maximum atomic E-state index is 11.5. The van der Waals surface area contributed by atoms with Gasteiger partial charge in [0, 0.05) is 0 Å². The number of carbonyl (C=O) groups is 1. The van der Waals surface area contributed by atoms with Gasteiger partial charge in [-0.2, -0.15) is 0 Å². The van der Waals surface area contributed by atoms with Crippen molar-refractivity contribution in [2.24, 2.45) is 5.92 Å². The summed E-state index contributed by atoms with van der Waals surface area (Å²) in [4.78, 5) is 11.8. The van der Waals surface area contributed by atoms with E-state index in [2.05, 4.69) is 35.1 Å². The molecule has 1 aromatic rings. The zero-order valence-electron chi connectivity index (χ0n) is 11.1. The molecule has 18 heavy (non-hydrogen) atoms. The van der Waals surface area contributed by atoms with E-state index < -0.39 is 0 Å². The van der Waals surface area contributed by atoms with Gasteiger partial charge in [-0.25, -0.2) is 0 Å². The molecule has 1 rings (SSSR count). The normalized spacial score (nSPS) is 13.9. The van der Waals surface area contributed by atoms with Crippen molar-refractivity contribution in [3.63, 3.8) is 0 Å². The first kappa shape index (κ1) is 15.3. The number of unbranched alkanes of at least 4 members (excludes halogenated alkanes) is 1. The number of hydrogen-bond donors (Lipinski definition) is 0. The van der Waals surface area contributed by atoms with Crippen molar-refractivity contribution in [3.8, 4) is 0 Å². The van der Waals surface area contributed by atoms with Crippen LogP contribution in [-0.2, 0) is 9.53 Å². The van der Waals surface area contributed by atoms with E-state index in [1.807, 2.05) is 18.2 Å². The summed E-state index contributed by atoms with van der Waals surface area (Å²) in [7, 11) is 1.46. The Morgan fingerprint density at radius 1 is 1.33 bits per heavy atom. The molecule has 0 amide bonds.